The molecule has 0 bridgehead atoms. The predicted molar refractivity (Wildman–Crippen MR) is 149 cm³/mol. The van der Waals surface area contributed by atoms with Crippen molar-refractivity contribution < 1.29 is 4.79 Å². The zero-order valence-electron chi connectivity index (χ0n) is 21.0. The number of carbonyl (C=O) groups excluding carboxylic acids is 1. The molecular weight excluding hydrogens is 497 g/mol. The molecular formula is C26H37Cl2N7O. The summed E-state index contributed by atoms with van der Waals surface area (Å²) in [7, 11) is 1.86. The van der Waals surface area contributed by atoms with Gasteiger partial charge in [0.05, 0.1) is 12.1 Å². The van der Waals surface area contributed by atoms with Crippen molar-refractivity contribution in [2.45, 2.75) is 38.1 Å². The quantitative estimate of drug-likeness (QED) is 0.279. The summed E-state index contributed by atoms with van der Waals surface area (Å²) in [5.74, 6) is 1.38. The highest BCUT2D eigenvalue weighted by atomic mass is 35.5. The van der Waals surface area contributed by atoms with Crippen LogP contribution in [-0.2, 0) is 4.79 Å². The monoisotopic (exact) mass is 533 g/mol. The molecule has 0 spiro atoms. The Hall–Kier alpha value is -2.42. The second-order valence-corrected chi connectivity index (χ2v) is 10.5. The molecule has 2 fully saturated rings. The fourth-order valence-electron chi connectivity index (χ4n) is 5.22. The van der Waals surface area contributed by atoms with Gasteiger partial charge in [0, 0.05) is 61.2 Å². The molecule has 2 aromatic rings. The molecule has 2 aliphatic rings. The van der Waals surface area contributed by atoms with E-state index in [1.54, 1.807) is 18.2 Å². The first-order chi connectivity index (χ1) is 17.4. The van der Waals surface area contributed by atoms with E-state index in [4.69, 9.17) is 28.6 Å². The SMILES string of the molecule is CNc1[nH]ccc1C(=N)N(CCN1CCCCC1)C1CCCN(C(=O)CNc2cc(Cl)cc(Cl)c2)C1. The van der Waals surface area contributed by atoms with E-state index in [1.165, 1.54) is 19.3 Å². The van der Waals surface area contributed by atoms with Crippen LogP contribution in [0.1, 0.15) is 37.7 Å². The van der Waals surface area contributed by atoms with Gasteiger partial charge in [-0.15, -0.1) is 0 Å². The lowest BCUT2D eigenvalue weighted by molar-refractivity contribution is -0.131. The minimum atomic E-state index is 0.0378. The van der Waals surface area contributed by atoms with E-state index in [0.29, 0.717) is 22.4 Å². The maximum Gasteiger partial charge on any atom is 0.241 e. The normalized spacial score (nSPS) is 18.6. The number of benzene rings is 1. The number of anilines is 2. The Bertz CT molecular complexity index is 1020. The number of rotatable bonds is 9. The maximum absolute atomic E-state index is 13.1. The molecule has 0 radical (unpaired) electrons. The Morgan fingerprint density at radius 2 is 1.89 bits per heavy atom. The standard InChI is InChI=1S/C26H37Cl2N7O/c1-30-26-23(7-8-31-26)25(29)35(13-12-33-9-3-2-4-10-33)22-6-5-11-34(18-22)24(36)17-32-21-15-19(27)14-20(28)16-21/h7-8,14-16,22,29-32H,2-6,9-13,17-18H2,1H3. The number of H-pyrrole nitrogens is 1. The minimum Gasteiger partial charge on any atom is -0.376 e. The van der Waals surface area contributed by atoms with Crippen molar-refractivity contribution in [3.63, 3.8) is 0 Å². The van der Waals surface area contributed by atoms with Crippen LogP contribution < -0.4 is 10.6 Å². The number of nitrogens with one attached hydrogen (secondary N) is 4. The van der Waals surface area contributed by atoms with Gasteiger partial charge in [-0.3, -0.25) is 10.2 Å². The van der Waals surface area contributed by atoms with Gasteiger partial charge >= 0.3 is 0 Å². The Balaban J connectivity index is 1.43. The molecule has 4 N–H and O–H groups in total. The van der Waals surface area contributed by atoms with Gasteiger partial charge < -0.3 is 30.3 Å². The lowest BCUT2D eigenvalue weighted by Crippen LogP contribution is -2.54. The molecule has 1 amide bonds. The summed E-state index contributed by atoms with van der Waals surface area (Å²) >= 11 is 12.2. The molecule has 36 heavy (non-hydrogen) atoms. The summed E-state index contributed by atoms with van der Waals surface area (Å²) < 4.78 is 0. The Morgan fingerprint density at radius 3 is 2.61 bits per heavy atom. The number of amidine groups is 1. The summed E-state index contributed by atoms with van der Waals surface area (Å²) in [5.41, 5.74) is 1.59. The number of halogens is 2. The number of likely N-dealkylation sites (tertiary alicyclic amines) is 2. The summed E-state index contributed by atoms with van der Waals surface area (Å²) in [4.78, 5) is 22.9. The number of nitrogens with zero attached hydrogens (tertiary/aromatic N) is 3. The number of aromatic amines is 1. The number of hydrogen-bond donors (Lipinski definition) is 4. The van der Waals surface area contributed by atoms with E-state index in [0.717, 1.165) is 62.6 Å². The van der Waals surface area contributed by atoms with Crippen LogP contribution in [0.15, 0.2) is 30.5 Å². The van der Waals surface area contributed by atoms with Crippen molar-refractivity contribution in [3.8, 4) is 0 Å². The van der Waals surface area contributed by atoms with E-state index in [1.807, 2.05) is 24.2 Å². The molecule has 3 heterocycles. The molecule has 1 atom stereocenters. The molecule has 4 rings (SSSR count). The van der Waals surface area contributed by atoms with Crippen molar-refractivity contribution in [2.75, 3.05) is 63.5 Å². The number of hydrogen-bond acceptors (Lipinski definition) is 5. The van der Waals surface area contributed by atoms with Crippen molar-refractivity contribution >= 4 is 46.4 Å². The molecule has 1 unspecified atom stereocenters. The minimum absolute atomic E-state index is 0.0378. The van der Waals surface area contributed by atoms with Crippen LogP contribution in [0.4, 0.5) is 11.5 Å². The lowest BCUT2D eigenvalue weighted by atomic mass is 10.0. The van der Waals surface area contributed by atoms with Crippen LogP contribution in [0.5, 0.6) is 0 Å². The molecule has 8 nitrogen and oxygen atoms in total. The number of carbonyl (C=O) groups is 1. The van der Waals surface area contributed by atoms with Gasteiger partial charge in [0.25, 0.3) is 0 Å². The Kier molecular flexibility index (Phi) is 9.40. The van der Waals surface area contributed by atoms with Gasteiger partial charge in [-0.1, -0.05) is 29.6 Å². The molecule has 2 aliphatic heterocycles. The van der Waals surface area contributed by atoms with Crippen molar-refractivity contribution in [3.05, 3.63) is 46.1 Å². The second kappa shape index (κ2) is 12.7. The largest absolute Gasteiger partial charge is 0.376 e. The fraction of sp³-hybridized carbons (Fsp3) is 0.538. The van der Waals surface area contributed by atoms with E-state index >= 15 is 0 Å². The molecule has 0 saturated carbocycles. The van der Waals surface area contributed by atoms with Crippen LogP contribution >= 0.6 is 23.2 Å². The van der Waals surface area contributed by atoms with Crippen molar-refractivity contribution in [1.82, 2.24) is 19.7 Å². The number of amides is 1. The summed E-state index contributed by atoms with van der Waals surface area (Å²) in [6.07, 6.45) is 7.54. The topological polar surface area (TPSA) is 90.5 Å². The smallest absolute Gasteiger partial charge is 0.241 e. The van der Waals surface area contributed by atoms with E-state index in [2.05, 4.69) is 25.4 Å². The van der Waals surface area contributed by atoms with Crippen LogP contribution in [0.2, 0.25) is 10.0 Å². The molecule has 10 heteroatoms. The summed E-state index contributed by atoms with van der Waals surface area (Å²) in [5, 5.41) is 16.5. The van der Waals surface area contributed by atoms with Crippen molar-refractivity contribution in [1.29, 1.82) is 5.41 Å². The zero-order valence-corrected chi connectivity index (χ0v) is 22.5. The van der Waals surface area contributed by atoms with Crippen LogP contribution in [-0.4, -0.2) is 90.3 Å². The number of aromatic nitrogens is 1. The van der Waals surface area contributed by atoms with Gasteiger partial charge in [0.15, 0.2) is 0 Å². The van der Waals surface area contributed by atoms with Gasteiger partial charge in [0.2, 0.25) is 5.91 Å². The van der Waals surface area contributed by atoms with Crippen molar-refractivity contribution in [2.24, 2.45) is 0 Å². The third-order valence-corrected chi connectivity index (χ3v) is 7.58. The molecule has 0 aliphatic carbocycles. The summed E-state index contributed by atoms with van der Waals surface area (Å²) in [6, 6.07) is 7.25. The van der Waals surface area contributed by atoms with Gasteiger partial charge in [-0.25, -0.2) is 0 Å². The highest BCUT2D eigenvalue weighted by Crippen LogP contribution is 2.24. The first-order valence-electron chi connectivity index (χ1n) is 12.9. The van der Waals surface area contributed by atoms with Gasteiger partial charge in [-0.2, -0.15) is 0 Å². The second-order valence-electron chi connectivity index (χ2n) is 9.61. The van der Waals surface area contributed by atoms with Crippen LogP contribution in [0.25, 0.3) is 0 Å². The predicted octanol–water partition coefficient (Wildman–Crippen LogP) is 4.58. The highest BCUT2D eigenvalue weighted by Gasteiger charge is 2.31. The first-order valence-corrected chi connectivity index (χ1v) is 13.6. The average Bonchev–Trinajstić information content (AvgIpc) is 3.37. The average molecular weight is 535 g/mol. The van der Waals surface area contributed by atoms with Crippen LogP contribution in [0.3, 0.4) is 0 Å². The van der Waals surface area contributed by atoms with E-state index in [-0.39, 0.29) is 18.5 Å². The molecule has 196 valence electrons. The van der Waals surface area contributed by atoms with E-state index < -0.39 is 0 Å². The van der Waals surface area contributed by atoms with Crippen LogP contribution in [0, 0.1) is 5.41 Å². The fourth-order valence-corrected chi connectivity index (χ4v) is 5.74. The van der Waals surface area contributed by atoms with Gasteiger partial charge in [0.1, 0.15) is 11.7 Å². The Morgan fingerprint density at radius 1 is 1.14 bits per heavy atom. The maximum atomic E-state index is 13.1. The summed E-state index contributed by atoms with van der Waals surface area (Å²) in [6.45, 7) is 5.48. The molecule has 1 aromatic heterocycles. The number of piperidine rings is 2. The Labute approximate surface area is 223 Å². The lowest BCUT2D eigenvalue weighted by Gasteiger charge is -2.41. The molecule has 1 aromatic carbocycles. The first kappa shape index (κ1) is 26.6. The third kappa shape index (κ3) is 6.87. The third-order valence-electron chi connectivity index (χ3n) is 7.14. The van der Waals surface area contributed by atoms with Gasteiger partial charge in [-0.05, 0) is 63.0 Å². The zero-order chi connectivity index (χ0) is 25.5. The van der Waals surface area contributed by atoms with E-state index in [9.17, 15) is 4.79 Å². The highest BCUT2D eigenvalue weighted by molar-refractivity contribution is 6.35. The molecule has 2 saturated heterocycles.